The highest BCUT2D eigenvalue weighted by atomic mass is 16.5. The van der Waals surface area contributed by atoms with Crippen molar-refractivity contribution in [3.05, 3.63) is 59.8 Å². The van der Waals surface area contributed by atoms with Crippen LogP contribution in [0.4, 0.5) is 11.4 Å². The molecule has 29 heavy (non-hydrogen) atoms. The van der Waals surface area contributed by atoms with E-state index in [0.29, 0.717) is 11.5 Å². The summed E-state index contributed by atoms with van der Waals surface area (Å²) < 4.78 is 10.5. The van der Waals surface area contributed by atoms with E-state index in [1.165, 1.54) is 6.20 Å². The van der Waals surface area contributed by atoms with Crippen molar-refractivity contribution >= 4 is 17.3 Å². The van der Waals surface area contributed by atoms with Crippen LogP contribution in [0, 0.1) is 11.3 Å². The molecule has 1 unspecified atom stereocenters. The number of benzene rings is 2. The van der Waals surface area contributed by atoms with Gasteiger partial charge in [-0.2, -0.15) is 5.26 Å². The van der Waals surface area contributed by atoms with Crippen LogP contribution in [0.1, 0.15) is 18.5 Å². The molecule has 0 aliphatic carbocycles. The summed E-state index contributed by atoms with van der Waals surface area (Å²) >= 11 is 0. The van der Waals surface area contributed by atoms with E-state index in [2.05, 4.69) is 10.6 Å². The molecule has 1 amide bonds. The molecule has 0 saturated carbocycles. The van der Waals surface area contributed by atoms with Crippen molar-refractivity contribution in [2.75, 3.05) is 38.5 Å². The largest absolute Gasteiger partial charge is 0.493 e. The molecule has 0 bridgehead atoms. The van der Waals surface area contributed by atoms with Crippen molar-refractivity contribution < 1.29 is 14.3 Å². The van der Waals surface area contributed by atoms with E-state index in [1.807, 2.05) is 62.3 Å². The molecule has 1 atom stereocenters. The third kappa shape index (κ3) is 5.66. The Morgan fingerprint density at radius 1 is 1.14 bits per heavy atom. The van der Waals surface area contributed by atoms with Gasteiger partial charge < -0.3 is 25.0 Å². The van der Waals surface area contributed by atoms with Crippen LogP contribution >= 0.6 is 0 Å². The molecule has 2 N–H and O–H groups in total. The first-order chi connectivity index (χ1) is 13.9. The number of nitrogens with one attached hydrogen (secondary N) is 2. The van der Waals surface area contributed by atoms with E-state index in [9.17, 15) is 10.1 Å². The van der Waals surface area contributed by atoms with Gasteiger partial charge in [0.25, 0.3) is 5.91 Å². The smallest absolute Gasteiger partial charge is 0.263 e. The normalized spacial score (nSPS) is 11.8. The average Bonchev–Trinajstić information content (AvgIpc) is 2.73. The number of carbonyl (C=O) groups is 1. The number of hydrogen-bond acceptors (Lipinski definition) is 6. The van der Waals surface area contributed by atoms with E-state index in [4.69, 9.17) is 9.47 Å². The maximum Gasteiger partial charge on any atom is 0.263 e. The SMILES string of the molecule is COc1ccc(C(C)NC(=O)/C(C#N)=C\Nc2cccc(N(C)C)c2)cc1OC. The first-order valence-corrected chi connectivity index (χ1v) is 9.06. The number of nitrogens with zero attached hydrogens (tertiary/aromatic N) is 2. The number of methoxy groups -OCH3 is 2. The van der Waals surface area contributed by atoms with Crippen LogP contribution in [0.3, 0.4) is 0 Å². The van der Waals surface area contributed by atoms with E-state index >= 15 is 0 Å². The number of rotatable bonds is 8. The second kappa shape index (κ2) is 10.0. The molecule has 2 aromatic carbocycles. The highest BCUT2D eigenvalue weighted by Crippen LogP contribution is 2.30. The van der Waals surface area contributed by atoms with Crippen molar-refractivity contribution in [3.63, 3.8) is 0 Å². The Morgan fingerprint density at radius 2 is 1.86 bits per heavy atom. The molecular weight excluding hydrogens is 368 g/mol. The number of amides is 1. The standard InChI is InChI=1S/C22H26N4O3/c1-15(16-9-10-20(28-4)21(11-16)29-5)25-22(27)17(13-23)14-24-18-7-6-8-19(12-18)26(2)3/h6-12,14-15,24H,1-5H3,(H,25,27)/b17-14-. The summed E-state index contributed by atoms with van der Waals surface area (Å²) in [6.45, 7) is 1.84. The third-order valence-electron chi connectivity index (χ3n) is 4.37. The molecule has 0 aliphatic heterocycles. The van der Waals surface area contributed by atoms with Crippen LogP contribution in [0.15, 0.2) is 54.2 Å². The third-order valence-corrected chi connectivity index (χ3v) is 4.37. The molecule has 7 nitrogen and oxygen atoms in total. The Morgan fingerprint density at radius 3 is 2.48 bits per heavy atom. The molecular formula is C22H26N4O3. The van der Waals surface area contributed by atoms with Gasteiger partial charge in [-0.3, -0.25) is 4.79 Å². The Balaban J connectivity index is 2.10. The van der Waals surface area contributed by atoms with Crippen LogP contribution in [-0.4, -0.2) is 34.2 Å². The van der Waals surface area contributed by atoms with E-state index in [0.717, 1.165) is 16.9 Å². The maximum atomic E-state index is 12.5. The van der Waals surface area contributed by atoms with Crippen LogP contribution in [-0.2, 0) is 4.79 Å². The summed E-state index contributed by atoms with van der Waals surface area (Å²) in [6, 6.07) is 14.7. The highest BCUT2D eigenvalue weighted by molar-refractivity contribution is 5.97. The fourth-order valence-corrected chi connectivity index (χ4v) is 2.66. The van der Waals surface area contributed by atoms with Crippen LogP contribution in [0.25, 0.3) is 0 Å². The zero-order chi connectivity index (χ0) is 21.4. The van der Waals surface area contributed by atoms with Crippen molar-refractivity contribution in [1.82, 2.24) is 5.32 Å². The summed E-state index contributed by atoms with van der Waals surface area (Å²) in [5, 5.41) is 15.2. The second-order valence-electron chi connectivity index (χ2n) is 6.57. The second-order valence-corrected chi connectivity index (χ2v) is 6.57. The van der Waals surface area contributed by atoms with E-state index in [1.54, 1.807) is 26.4 Å². The monoisotopic (exact) mass is 394 g/mol. The molecule has 0 heterocycles. The lowest BCUT2D eigenvalue weighted by atomic mass is 10.1. The van der Waals surface area contributed by atoms with Gasteiger partial charge in [-0.15, -0.1) is 0 Å². The first kappa shape index (κ1) is 21.6. The van der Waals surface area contributed by atoms with Gasteiger partial charge in [0.2, 0.25) is 0 Å². The maximum absolute atomic E-state index is 12.5. The summed E-state index contributed by atoms with van der Waals surface area (Å²) in [7, 11) is 7.00. The van der Waals surface area contributed by atoms with Gasteiger partial charge in [0.05, 0.1) is 20.3 Å². The molecule has 0 aromatic heterocycles. The highest BCUT2D eigenvalue weighted by Gasteiger charge is 2.15. The Hall–Kier alpha value is -3.66. The van der Waals surface area contributed by atoms with Crippen molar-refractivity contribution in [2.45, 2.75) is 13.0 Å². The zero-order valence-electron chi connectivity index (χ0n) is 17.3. The van der Waals surface area contributed by atoms with Crippen molar-refractivity contribution in [3.8, 4) is 17.6 Å². The fraction of sp³-hybridized carbons (Fsp3) is 0.273. The van der Waals surface area contributed by atoms with Gasteiger partial charge in [0.1, 0.15) is 11.6 Å². The average molecular weight is 394 g/mol. The lowest BCUT2D eigenvalue weighted by Gasteiger charge is -2.16. The first-order valence-electron chi connectivity index (χ1n) is 9.06. The summed E-state index contributed by atoms with van der Waals surface area (Å²) in [6.07, 6.45) is 1.41. The molecule has 0 fully saturated rings. The number of ether oxygens (including phenoxy) is 2. The Kier molecular flexibility index (Phi) is 7.49. The van der Waals surface area contributed by atoms with Gasteiger partial charge in [0.15, 0.2) is 11.5 Å². The Labute approximate surface area is 171 Å². The molecule has 0 radical (unpaired) electrons. The fourth-order valence-electron chi connectivity index (χ4n) is 2.66. The number of carbonyl (C=O) groups excluding carboxylic acids is 1. The van der Waals surface area contributed by atoms with Crippen molar-refractivity contribution in [2.24, 2.45) is 0 Å². The Bertz CT molecular complexity index is 932. The summed E-state index contributed by atoms with van der Waals surface area (Å²) in [4.78, 5) is 14.5. The minimum absolute atomic E-state index is 0.0208. The zero-order valence-corrected chi connectivity index (χ0v) is 17.3. The van der Waals surface area contributed by atoms with Crippen LogP contribution < -0.4 is 25.0 Å². The molecule has 2 rings (SSSR count). The van der Waals surface area contributed by atoms with Crippen molar-refractivity contribution in [1.29, 1.82) is 5.26 Å². The van der Waals surface area contributed by atoms with Gasteiger partial charge in [-0.1, -0.05) is 12.1 Å². The lowest BCUT2D eigenvalue weighted by molar-refractivity contribution is -0.117. The number of nitriles is 1. The predicted octanol–water partition coefficient (Wildman–Crippen LogP) is 3.47. The topological polar surface area (TPSA) is 86.6 Å². The molecule has 0 aliphatic rings. The minimum atomic E-state index is -0.467. The number of hydrogen-bond donors (Lipinski definition) is 2. The minimum Gasteiger partial charge on any atom is -0.493 e. The lowest BCUT2D eigenvalue weighted by Crippen LogP contribution is -2.28. The molecule has 2 aromatic rings. The molecule has 7 heteroatoms. The quantitative estimate of drug-likeness (QED) is 0.527. The van der Waals surface area contributed by atoms with Crippen LogP contribution in [0.2, 0.25) is 0 Å². The van der Waals surface area contributed by atoms with Gasteiger partial charge in [-0.05, 0) is 42.8 Å². The van der Waals surface area contributed by atoms with E-state index in [-0.39, 0.29) is 11.6 Å². The molecule has 0 spiro atoms. The van der Waals surface area contributed by atoms with Gasteiger partial charge in [-0.25, -0.2) is 0 Å². The van der Waals surface area contributed by atoms with Gasteiger partial charge in [0, 0.05) is 31.7 Å². The number of anilines is 2. The van der Waals surface area contributed by atoms with Gasteiger partial charge >= 0.3 is 0 Å². The predicted molar refractivity (Wildman–Crippen MR) is 114 cm³/mol. The summed E-state index contributed by atoms with van der Waals surface area (Å²) in [5.41, 5.74) is 2.60. The van der Waals surface area contributed by atoms with Crippen LogP contribution in [0.5, 0.6) is 11.5 Å². The summed E-state index contributed by atoms with van der Waals surface area (Å²) in [5.74, 6) is 0.715. The molecule has 152 valence electrons. The molecule has 0 saturated heterocycles. The van der Waals surface area contributed by atoms with E-state index < -0.39 is 5.91 Å².